The molecule has 0 saturated heterocycles. The second kappa shape index (κ2) is 6.75. The van der Waals surface area contributed by atoms with Crippen molar-refractivity contribution in [3.05, 3.63) is 58.4 Å². The summed E-state index contributed by atoms with van der Waals surface area (Å²) < 4.78 is 4.80. The summed E-state index contributed by atoms with van der Waals surface area (Å²) in [6.07, 6.45) is 3.33. The number of esters is 1. The Labute approximate surface area is 147 Å². The minimum atomic E-state index is -0.426. The Morgan fingerprint density at radius 1 is 1.20 bits per heavy atom. The summed E-state index contributed by atoms with van der Waals surface area (Å²) >= 11 is 0. The molecule has 1 amide bonds. The van der Waals surface area contributed by atoms with Crippen molar-refractivity contribution in [3.8, 4) is 0 Å². The molecule has 0 radical (unpaired) electrons. The highest BCUT2D eigenvalue weighted by molar-refractivity contribution is 6.00. The van der Waals surface area contributed by atoms with Crippen LogP contribution in [0.15, 0.2) is 30.3 Å². The first-order chi connectivity index (χ1) is 12.0. The molecule has 5 heteroatoms. The molecule has 0 atom stereocenters. The number of methoxy groups -OCH3 is 1. The third kappa shape index (κ3) is 3.06. The fraction of sp³-hybridized carbons (Fsp3) is 0.400. The maximum atomic E-state index is 12.7. The largest absolute Gasteiger partial charge is 0.465 e. The zero-order valence-corrected chi connectivity index (χ0v) is 14.9. The highest BCUT2D eigenvalue weighted by Gasteiger charge is 2.39. The molecule has 1 aromatic heterocycles. The lowest BCUT2D eigenvalue weighted by atomic mass is 9.64. The summed E-state index contributed by atoms with van der Waals surface area (Å²) in [4.78, 5) is 27.6. The summed E-state index contributed by atoms with van der Waals surface area (Å²) in [5, 5.41) is 3.06. The van der Waals surface area contributed by atoms with Gasteiger partial charge in [-0.05, 0) is 37.8 Å². The number of ether oxygens (including phenoxy) is 1. The van der Waals surface area contributed by atoms with Gasteiger partial charge in [-0.1, -0.05) is 36.8 Å². The summed E-state index contributed by atoms with van der Waals surface area (Å²) in [5.41, 5.74) is 3.45. The lowest BCUT2D eigenvalue weighted by Gasteiger charge is -2.42. The predicted molar refractivity (Wildman–Crippen MR) is 95.9 cm³/mol. The number of aromatic nitrogens is 1. The molecule has 0 bridgehead atoms. The van der Waals surface area contributed by atoms with E-state index in [0.29, 0.717) is 29.1 Å². The van der Waals surface area contributed by atoms with Crippen LogP contribution in [0.1, 0.15) is 56.9 Å². The molecule has 1 heterocycles. The van der Waals surface area contributed by atoms with E-state index in [9.17, 15) is 9.59 Å². The number of aromatic amines is 1. The topological polar surface area (TPSA) is 71.2 Å². The number of amides is 1. The van der Waals surface area contributed by atoms with Gasteiger partial charge in [0.1, 0.15) is 5.69 Å². The van der Waals surface area contributed by atoms with Gasteiger partial charge in [-0.3, -0.25) is 4.79 Å². The molecule has 0 aliphatic heterocycles. The van der Waals surface area contributed by atoms with Gasteiger partial charge in [0.15, 0.2) is 0 Å². The maximum absolute atomic E-state index is 12.7. The molecule has 1 aromatic carbocycles. The van der Waals surface area contributed by atoms with E-state index in [0.717, 1.165) is 12.8 Å². The number of carbonyl (C=O) groups excluding carboxylic acids is 2. The average Bonchev–Trinajstić information content (AvgIpc) is 2.88. The Morgan fingerprint density at radius 3 is 2.44 bits per heavy atom. The molecule has 1 aliphatic carbocycles. The molecule has 1 saturated carbocycles. The van der Waals surface area contributed by atoms with Gasteiger partial charge in [-0.2, -0.15) is 0 Å². The number of H-pyrrole nitrogens is 1. The van der Waals surface area contributed by atoms with Crippen molar-refractivity contribution in [2.24, 2.45) is 0 Å². The van der Waals surface area contributed by atoms with Crippen LogP contribution in [0.3, 0.4) is 0 Å². The number of nitrogens with one attached hydrogen (secondary N) is 2. The molecule has 132 valence electrons. The van der Waals surface area contributed by atoms with Crippen LogP contribution in [-0.4, -0.2) is 30.5 Å². The first kappa shape index (κ1) is 17.3. The number of hydrogen-bond acceptors (Lipinski definition) is 3. The Bertz CT molecular complexity index is 789. The Morgan fingerprint density at radius 2 is 1.88 bits per heavy atom. The van der Waals surface area contributed by atoms with Crippen LogP contribution in [0, 0.1) is 13.8 Å². The highest BCUT2D eigenvalue weighted by Crippen LogP contribution is 2.43. The fourth-order valence-electron chi connectivity index (χ4n) is 3.69. The summed E-state index contributed by atoms with van der Waals surface area (Å²) in [6.45, 7) is 4.13. The monoisotopic (exact) mass is 340 g/mol. The first-order valence-electron chi connectivity index (χ1n) is 8.60. The van der Waals surface area contributed by atoms with Crippen LogP contribution in [0.5, 0.6) is 0 Å². The minimum Gasteiger partial charge on any atom is -0.465 e. The van der Waals surface area contributed by atoms with Crippen molar-refractivity contribution in [1.82, 2.24) is 10.3 Å². The Kier molecular flexibility index (Phi) is 4.66. The minimum absolute atomic E-state index is 0.0254. The molecule has 2 aromatic rings. The smallest absolute Gasteiger partial charge is 0.339 e. The SMILES string of the molecule is COC(=O)c1c(C)[nH]c(C(=O)NCC2(c3ccccc3)CCC2)c1C. The average molecular weight is 340 g/mol. The van der Waals surface area contributed by atoms with E-state index < -0.39 is 5.97 Å². The normalized spacial score (nSPS) is 15.3. The van der Waals surface area contributed by atoms with Crippen LogP contribution in [0.4, 0.5) is 0 Å². The molecular weight excluding hydrogens is 316 g/mol. The molecule has 25 heavy (non-hydrogen) atoms. The van der Waals surface area contributed by atoms with Crippen molar-refractivity contribution >= 4 is 11.9 Å². The second-order valence-electron chi connectivity index (χ2n) is 6.80. The zero-order valence-electron chi connectivity index (χ0n) is 14.9. The van der Waals surface area contributed by atoms with Gasteiger partial charge in [0, 0.05) is 17.7 Å². The van der Waals surface area contributed by atoms with Crippen LogP contribution < -0.4 is 5.32 Å². The summed E-state index contributed by atoms with van der Waals surface area (Å²) in [7, 11) is 1.34. The van der Waals surface area contributed by atoms with Crippen molar-refractivity contribution in [2.75, 3.05) is 13.7 Å². The van der Waals surface area contributed by atoms with E-state index in [4.69, 9.17) is 4.74 Å². The van der Waals surface area contributed by atoms with Gasteiger partial charge in [0.05, 0.1) is 12.7 Å². The van der Waals surface area contributed by atoms with Crippen LogP contribution in [0.2, 0.25) is 0 Å². The van der Waals surface area contributed by atoms with E-state index >= 15 is 0 Å². The van der Waals surface area contributed by atoms with Crippen LogP contribution in [0.25, 0.3) is 0 Å². The van der Waals surface area contributed by atoms with Crippen molar-refractivity contribution < 1.29 is 14.3 Å². The third-order valence-corrected chi connectivity index (χ3v) is 5.34. The van der Waals surface area contributed by atoms with E-state index in [1.54, 1.807) is 13.8 Å². The fourth-order valence-corrected chi connectivity index (χ4v) is 3.69. The van der Waals surface area contributed by atoms with Gasteiger partial charge in [0.25, 0.3) is 5.91 Å². The van der Waals surface area contributed by atoms with E-state index in [-0.39, 0.29) is 11.3 Å². The molecule has 3 rings (SSSR count). The molecule has 5 nitrogen and oxygen atoms in total. The Hall–Kier alpha value is -2.56. The third-order valence-electron chi connectivity index (χ3n) is 5.34. The lowest BCUT2D eigenvalue weighted by molar-refractivity contribution is 0.0599. The van der Waals surface area contributed by atoms with Gasteiger partial charge in [-0.25, -0.2) is 4.79 Å². The van der Waals surface area contributed by atoms with E-state index in [2.05, 4.69) is 22.4 Å². The number of benzene rings is 1. The Balaban J connectivity index is 1.76. The lowest BCUT2D eigenvalue weighted by Crippen LogP contribution is -2.45. The molecule has 0 spiro atoms. The molecule has 2 N–H and O–H groups in total. The highest BCUT2D eigenvalue weighted by atomic mass is 16.5. The summed E-state index contributed by atoms with van der Waals surface area (Å²) in [5.74, 6) is -0.608. The van der Waals surface area contributed by atoms with Crippen molar-refractivity contribution in [2.45, 2.75) is 38.5 Å². The van der Waals surface area contributed by atoms with Crippen molar-refractivity contribution in [3.63, 3.8) is 0 Å². The molecule has 1 aliphatic rings. The van der Waals surface area contributed by atoms with Gasteiger partial charge in [0.2, 0.25) is 0 Å². The number of rotatable bonds is 5. The summed E-state index contributed by atoms with van der Waals surface area (Å²) in [6, 6.07) is 10.3. The quantitative estimate of drug-likeness (QED) is 0.821. The molecule has 1 fully saturated rings. The predicted octanol–water partition coefficient (Wildman–Crippen LogP) is 3.27. The molecule has 0 unspecified atom stereocenters. The number of carbonyl (C=O) groups is 2. The van der Waals surface area contributed by atoms with Gasteiger partial charge in [-0.15, -0.1) is 0 Å². The number of hydrogen-bond donors (Lipinski definition) is 2. The van der Waals surface area contributed by atoms with Crippen molar-refractivity contribution in [1.29, 1.82) is 0 Å². The number of aryl methyl sites for hydroxylation is 1. The van der Waals surface area contributed by atoms with E-state index in [1.807, 2.05) is 18.2 Å². The molecular formula is C20H24N2O3. The van der Waals surface area contributed by atoms with Gasteiger partial charge < -0.3 is 15.0 Å². The van der Waals surface area contributed by atoms with E-state index in [1.165, 1.54) is 19.1 Å². The van der Waals surface area contributed by atoms with Crippen LogP contribution in [-0.2, 0) is 10.2 Å². The second-order valence-corrected chi connectivity index (χ2v) is 6.80. The maximum Gasteiger partial charge on any atom is 0.339 e. The van der Waals surface area contributed by atoms with Crippen LogP contribution >= 0.6 is 0 Å². The zero-order chi connectivity index (χ0) is 18.0. The standard InChI is InChI=1S/C20H24N2O3/c1-13-16(19(24)25-3)14(2)22-17(13)18(23)21-12-20(10-7-11-20)15-8-5-4-6-9-15/h4-6,8-9,22H,7,10-12H2,1-3H3,(H,21,23). The first-order valence-corrected chi connectivity index (χ1v) is 8.60. The van der Waals surface area contributed by atoms with Gasteiger partial charge >= 0.3 is 5.97 Å².